The maximum atomic E-state index is 12.9. The number of carbonyl (C=O) groups is 2. The van der Waals surface area contributed by atoms with Crippen LogP contribution < -0.4 is 10.1 Å². The van der Waals surface area contributed by atoms with Crippen LogP contribution >= 0.6 is 0 Å². The van der Waals surface area contributed by atoms with Crippen molar-refractivity contribution in [3.8, 4) is 5.75 Å². The summed E-state index contributed by atoms with van der Waals surface area (Å²) in [6.07, 6.45) is 6.14. The molecule has 1 atom stereocenters. The highest BCUT2D eigenvalue weighted by atomic mass is 16.5. The summed E-state index contributed by atoms with van der Waals surface area (Å²) in [7, 11) is 0. The van der Waals surface area contributed by atoms with Crippen LogP contribution in [0.4, 0.5) is 4.79 Å². The van der Waals surface area contributed by atoms with Crippen molar-refractivity contribution in [2.24, 2.45) is 5.41 Å². The standard InChI is InChI=1S/C26H42N2O5/c1-5-32-23(24(29)30)19-20-11-13-22(14-12-20)33-18-17-28(16-15-26(2,3)4)25(31)27-21-9-7-6-8-10-21/h11-14,21,23H,5-10,15-19H2,1-4H3,(H,27,31)(H,29,30). The van der Waals surface area contributed by atoms with Crippen LogP contribution in [-0.2, 0) is 16.0 Å². The summed E-state index contributed by atoms with van der Waals surface area (Å²) in [6.45, 7) is 10.3. The second-order valence-electron chi connectivity index (χ2n) is 10.1. The average Bonchev–Trinajstić information content (AvgIpc) is 2.76. The lowest BCUT2D eigenvalue weighted by Gasteiger charge is -2.30. The van der Waals surface area contributed by atoms with Gasteiger partial charge in [-0.05, 0) is 49.3 Å². The lowest BCUT2D eigenvalue weighted by atomic mass is 9.92. The van der Waals surface area contributed by atoms with Crippen LogP contribution in [0.2, 0.25) is 0 Å². The summed E-state index contributed by atoms with van der Waals surface area (Å²) in [5.74, 6) is -0.260. The van der Waals surface area contributed by atoms with E-state index in [9.17, 15) is 14.7 Å². The molecule has 0 saturated heterocycles. The lowest BCUT2D eigenvalue weighted by Crippen LogP contribution is -2.47. The van der Waals surface area contributed by atoms with E-state index in [2.05, 4.69) is 26.1 Å². The Morgan fingerprint density at radius 3 is 2.36 bits per heavy atom. The summed E-state index contributed by atoms with van der Waals surface area (Å²) in [6, 6.07) is 7.67. The molecular weight excluding hydrogens is 420 g/mol. The van der Waals surface area contributed by atoms with Crippen LogP contribution in [0.5, 0.6) is 5.75 Å². The number of hydrogen-bond donors (Lipinski definition) is 2. The molecule has 0 radical (unpaired) electrons. The van der Waals surface area contributed by atoms with Gasteiger partial charge < -0.3 is 24.8 Å². The number of amides is 2. The van der Waals surface area contributed by atoms with E-state index < -0.39 is 12.1 Å². The van der Waals surface area contributed by atoms with E-state index in [0.717, 1.165) is 24.8 Å². The number of hydrogen-bond acceptors (Lipinski definition) is 4. The molecule has 7 nitrogen and oxygen atoms in total. The molecule has 7 heteroatoms. The quantitative estimate of drug-likeness (QED) is 0.462. The molecule has 33 heavy (non-hydrogen) atoms. The van der Waals surface area contributed by atoms with Gasteiger partial charge in [0, 0.05) is 25.6 Å². The SMILES string of the molecule is CCOC(Cc1ccc(OCCN(CCC(C)(C)C)C(=O)NC2CCCCC2)cc1)C(=O)O. The Kier molecular flexibility index (Phi) is 11.0. The zero-order chi connectivity index (χ0) is 24.3. The molecule has 1 aromatic carbocycles. The average molecular weight is 463 g/mol. The highest BCUT2D eigenvalue weighted by Crippen LogP contribution is 2.21. The van der Waals surface area contributed by atoms with Crippen LogP contribution in [-0.4, -0.2) is 60.5 Å². The van der Waals surface area contributed by atoms with Crippen LogP contribution in [0.1, 0.15) is 71.8 Å². The van der Waals surface area contributed by atoms with E-state index in [-0.39, 0.29) is 17.5 Å². The molecule has 0 heterocycles. The van der Waals surface area contributed by atoms with Crippen LogP contribution in [0.3, 0.4) is 0 Å². The van der Waals surface area contributed by atoms with Crippen molar-refractivity contribution in [2.45, 2.75) is 84.8 Å². The monoisotopic (exact) mass is 462 g/mol. The molecule has 2 rings (SSSR count). The molecule has 1 unspecified atom stereocenters. The number of ether oxygens (including phenoxy) is 2. The first-order valence-electron chi connectivity index (χ1n) is 12.3. The van der Waals surface area contributed by atoms with Gasteiger partial charge in [0.15, 0.2) is 6.10 Å². The molecule has 2 N–H and O–H groups in total. The molecule has 1 aromatic rings. The Morgan fingerprint density at radius 2 is 1.79 bits per heavy atom. The smallest absolute Gasteiger partial charge is 0.333 e. The van der Waals surface area contributed by atoms with Crippen molar-refractivity contribution in [2.75, 3.05) is 26.3 Å². The number of urea groups is 1. The zero-order valence-corrected chi connectivity index (χ0v) is 20.8. The van der Waals surface area contributed by atoms with Gasteiger partial charge in [0.1, 0.15) is 12.4 Å². The summed E-state index contributed by atoms with van der Waals surface area (Å²) >= 11 is 0. The Hall–Kier alpha value is -2.28. The lowest BCUT2D eigenvalue weighted by molar-refractivity contribution is -0.149. The largest absolute Gasteiger partial charge is 0.492 e. The number of nitrogens with zero attached hydrogens (tertiary/aromatic N) is 1. The van der Waals surface area contributed by atoms with Crippen LogP contribution in [0.25, 0.3) is 0 Å². The molecule has 0 aromatic heterocycles. The number of carboxylic acids is 1. The number of nitrogens with one attached hydrogen (secondary N) is 1. The maximum absolute atomic E-state index is 12.9. The molecule has 1 saturated carbocycles. The van der Waals surface area contributed by atoms with Gasteiger partial charge in [-0.2, -0.15) is 0 Å². The summed E-state index contributed by atoms with van der Waals surface area (Å²) in [5.41, 5.74) is 1.02. The molecule has 0 aliphatic heterocycles. The third-order valence-electron chi connectivity index (χ3n) is 5.97. The number of benzene rings is 1. The summed E-state index contributed by atoms with van der Waals surface area (Å²) in [5, 5.41) is 12.5. The van der Waals surface area contributed by atoms with Crippen molar-refractivity contribution in [3.63, 3.8) is 0 Å². The van der Waals surface area contributed by atoms with E-state index >= 15 is 0 Å². The molecule has 2 amide bonds. The fraction of sp³-hybridized carbons (Fsp3) is 0.692. The predicted molar refractivity (Wildman–Crippen MR) is 130 cm³/mol. The van der Waals surface area contributed by atoms with E-state index in [1.165, 1.54) is 19.3 Å². The minimum atomic E-state index is -0.959. The van der Waals surface area contributed by atoms with E-state index in [1.54, 1.807) is 6.92 Å². The van der Waals surface area contributed by atoms with Gasteiger partial charge in [-0.25, -0.2) is 9.59 Å². The van der Waals surface area contributed by atoms with Gasteiger partial charge in [-0.15, -0.1) is 0 Å². The Balaban J connectivity index is 1.87. The zero-order valence-electron chi connectivity index (χ0n) is 20.8. The van der Waals surface area contributed by atoms with E-state index in [4.69, 9.17) is 9.47 Å². The van der Waals surface area contributed by atoms with Crippen LogP contribution in [0.15, 0.2) is 24.3 Å². The highest BCUT2D eigenvalue weighted by molar-refractivity contribution is 5.74. The van der Waals surface area contributed by atoms with Crippen molar-refractivity contribution in [3.05, 3.63) is 29.8 Å². The highest BCUT2D eigenvalue weighted by Gasteiger charge is 2.22. The topological polar surface area (TPSA) is 88.1 Å². The van der Waals surface area contributed by atoms with Crippen LogP contribution in [0, 0.1) is 5.41 Å². The maximum Gasteiger partial charge on any atom is 0.333 e. The Bertz CT molecular complexity index is 723. The first-order valence-corrected chi connectivity index (χ1v) is 12.3. The van der Waals surface area contributed by atoms with Gasteiger partial charge in [0.25, 0.3) is 0 Å². The van der Waals surface area contributed by atoms with Gasteiger partial charge >= 0.3 is 12.0 Å². The predicted octanol–water partition coefficient (Wildman–Crippen LogP) is 4.88. The fourth-order valence-electron chi connectivity index (χ4n) is 3.93. The summed E-state index contributed by atoms with van der Waals surface area (Å²) in [4.78, 5) is 26.1. The molecule has 1 aliphatic rings. The van der Waals surface area contributed by atoms with Gasteiger partial charge in [-0.3, -0.25) is 0 Å². The molecule has 1 fully saturated rings. The van der Waals surface area contributed by atoms with Gasteiger partial charge in [0.05, 0.1) is 6.54 Å². The van der Waals surface area contributed by atoms with Gasteiger partial charge in [-0.1, -0.05) is 52.2 Å². The minimum absolute atomic E-state index is 0.000680. The molecule has 0 spiro atoms. The molecule has 186 valence electrons. The minimum Gasteiger partial charge on any atom is -0.492 e. The number of carbonyl (C=O) groups excluding carboxylic acids is 1. The van der Waals surface area contributed by atoms with E-state index in [1.807, 2.05) is 29.2 Å². The van der Waals surface area contributed by atoms with Crippen molar-refractivity contribution >= 4 is 12.0 Å². The first-order chi connectivity index (χ1) is 15.7. The Labute approximate surface area is 198 Å². The fourth-order valence-corrected chi connectivity index (χ4v) is 3.93. The second-order valence-corrected chi connectivity index (χ2v) is 10.1. The molecule has 0 bridgehead atoms. The first kappa shape index (κ1) is 27.0. The number of aliphatic carboxylic acids is 1. The third-order valence-corrected chi connectivity index (χ3v) is 5.97. The number of carboxylic acid groups (broad SMARTS) is 1. The second kappa shape index (κ2) is 13.4. The Morgan fingerprint density at radius 1 is 1.12 bits per heavy atom. The van der Waals surface area contributed by atoms with Crippen molar-refractivity contribution < 1.29 is 24.2 Å². The third kappa shape index (κ3) is 10.5. The molecular formula is C26H42N2O5. The van der Waals surface area contributed by atoms with Crippen molar-refractivity contribution in [1.29, 1.82) is 0 Å². The molecule has 1 aliphatic carbocycles. The van der Waals surface area contributed by atoms with Gasteiger partial charge in [0.2, 0.25) is 0 Å². The van der Waals surface area contributed by atoms with E-state index in [0.29, 0.717) is 38.5 Å². The normalized spacial score (nSPS) is 15.6. The van der Waals surface area contributed by atoms with Crippen molar-refractivity contribution in [1.82, 2.24) is 10.2 Å². The number of rotatable bonds is 12. The summed E-state index contributed by atoms with van der Waals surface area (Å²) < 4.78 is 11.2.